The Hall–Kier alpha value is -1.20. The molecule has 0 fully saturated rings. The average molecular weight is 209 g/mol. The van der Waals surface area contributed by atoms with Crippen molar-refractivity contribution in [1.82, 2.24) is 10.2 Å². The summed E-state index contributed by atoms with van der Waals surface area (Å²) in [5.41, 5.74) is 7.58. The van der Waals surface area contributed by atoms with Gasteiger partial charge in [-0.2, -0.15) is 11.3 Å². The molecule has 74 valence electrons. The minimum absolute atomic E-state index is 0.532. The molecule has 0 aliphatic carbocycles. The molecule has 2 aromatic heterocycles. The molecule has 2 aromatic rings. The molecular formula is C9H11N3OS. The number of rotatable bonds is 3. The third kappa shape index (κ3) is 1.69. The fourth-order valence-electron chi connectivity index (χ4n) is 1.17. The highest BCUT2D eigenvalue weighted by molar-refractivity contribution is 7.08. The summed E-state index contributed by atoms with van der Waals surface area (Å²) in [4.78, 5) is 0. The van der Waals surface area contributed by atoms with Crippen LogP contribution < -0.4 is 5.73 Å². The van der Waals surface area contributed by atoms with Gasteiger partial charge in [0.15, 0.2) is 0 Å². The minimum Gasteiger partial charge on any atom is -0.421 e. The molecule has 2 rings (SSSR count). The van der Waals surface area contributed by atoms with Crippen molar-refractivity contribution in [2.24, 2.45) is 5.73 Å². The van der Waals surface area contributed by atoms with Gasteiger partial charge in [-0.15, -0.1) is 10.2 Å². The molecule has 0 aliphatic rings. The fraction of sp³-hybridized carbons (Fsp3) is 0.333. The maximum atomic E-state index is 5.45. The van der Waals surface area contributed by atoms with Gasteiger partial charge in [-0.05, 0) is 17.9 Å². The summed E-state index contributed by atoms with van der Waals surface area (Å²) in [7, 11) is 0. The van der Waals surface area contributed by atoms with Gasteiger partial charge in [0.25, 0.3) is 0 Å². The molecule has 2 heterocycles. The number of hydrogen-bond donors (Lipinski definition) is 1. The Morgan fingerprint density at radius 2 is 2.29 bits per heavy atom. The molecule has 0 saturated heterocycles. The van der Waals surface area contributed by atoms with E-state index in [1.165, 1.54) is 0 Å². The van der Waals surface area contributed by atoms with E-state index in [1.807, 2.05) is 12.3 Å². The van der Waals surface area contributed by atoms with Gasteiger partial charge in [0.05, 0.1) is 5.56 Å². The van der Waals surface area contributed by atoms with Crippen LogP contribution in [0.3, 0.4) is 0 Å². The summed E-state index contributed by atoms with van der Waals surface area (Å²) in [6.07, 6.45) is 0.635. The van der Waals surface area contributed by atoms with Crippen molar-refractivity contribution < 1.29 is 4.42 Å². The highest BCUT2D eigenvalue weighted by Crippen LogP contribution is 2.25. The van der Waals surface area contributed by atoms with E-state index >= 15 is 0 Å². The van der Waals surface area contributed by atoms with E-state index in [-0.39, 0.29) is 0 Å². The fourth-order valence-corrected chi connectivity index (χ4v) is 1.99. The first-order valence-corrected chi connectivity index (χ1v) is 5.31. The van der Waals surface area contributed by atoms with Crippen molar-refractivity contribution in [3.63, 3.8) is 0 Å². The largest absolute Gasteiger partial charge is 0.421 e. The normalized spacial score (nSPS) is 10.7. The number of thiophene rings is 1. The molecular weight excluding hydrogens is 198 g/mol. The zero-order chi connectivity index (χ0) is 9.97. The number of aryl methyl sites for hydroxylation is 1. The number of hydrogen-bond acceptors (Lipinski definition) is 5. The molecule has 5 heteroatoms. The molecule has 0 unspecified atom stereocenters. The zero-order valence-electron chi connectivity index (χ0n) is 7.86. The summed E-state index contributed by atoms with van der Waals surface area (Å²) >= 11 is 1.63. The van der Waals surface area contributed by atoms with Gasteiger partial charge in [0.2, 0.25) is 11.8 Å². The van der Waals surface area contributed by atoms with Gasteiger partial charge < -0.3 is 10.2 Å². The Kier molecular flexibility index (Phi) is 2.60. The first-order valence-electron chi connectivity index (χ1n) is 4.37. The van der Waals surface area contributed by atoms with Crippen LogP contribution in [0, 0.1) is 6.92 Å². The molecule has 0 aromatic carbocycles. The van der Waals surface area contributed by atoms with Crippen LogP contribution in [0.25, 0.3) is 11.5 Å². The lowest BCUT2D eigenvalue weighted by Gasteiger charge is -1.90. The quantitative estimate of drug-likeness (QED) is 0.834. The Morgan fingerprint density at radius 3 is 2.93 bits per heavy atom. The van der Waals surface area contributed by atoms with Crippen molar-refractivity contribution in [2.45, 2.75) is 13.3 Å². The van der Waals surface area contributed by atoms with Gasteiger partial charge in [-0.3, -0.25) is 0 Å². The lowest BCUT2D eigenvalue weighted by atomic mass is 10.2. The second-order valence-corrected chi connectivity index (χ2v) is 3.75. The summed E-state index contributed by atoms with van der Waals surface area (Å²) in [5, 5.41) is 12.0. The van der Waals surface area contributed by atoms with Crippen LogP contribution in [0.1, 0.15) is 11.5 Å². The van der Waals surface area contributed by atoms with Crippen molar-refractivity contribution >= 4 is 11.3 Å². The first-order chi connectivity index (χ1) is 6.81. The standard InChI is InChI=1S/C9H11N3OS/c1-6-4-14-5-7(6)9-12-11-8(13-9)2-3-10/h4-5H,2-3,10H2,1H3. The smallest absolute Gasteiger partial charge is 0.248 e. The van der Waals surface area contributed by atoms with Gasteiger partial charge in [0.1, 0.15) is 0 Å². The lowest BCUT2D eigenvalue weighted by Crippen LogP contribution is -2.02. The molecule has 0 spiro atoms. The lowest BCUT2D eigenvalue weighted by molar-refractivity contribution is 0.507. The Balaban J connectivity index is 2.29. The highest BCUT2D eigenvalue weighted by Gasteiger charge is 2.10. The monoisotopic (exact) mass is 209 g/mol. The van der Waals surface area contributed by atoms with Crippen LogP contribution in [0.2, 0.25) is 0 Å². The van der Waals surface area contributed by atoms with E-state index < -0.39 is 0 Å². The second kappa shape index (κ2) is 3.89. The van der Waals surface area contributed by atoms with Gasteiger partial charge in [0, 0.05) is 18.3 Å². The predicted octanol–water partition coefficient (Wildman–Crippen LogP) is 1.61. The maximum absolute atomic E-state index is 5.45. The molecule has 0 aliphatic heterocycles. The summed E-state index contributed by atoms with van der Waals surface area (Å²) < 4.78 is 5.45. The SMILES string of the molecule is Cc1cscc1-c1nnc(CCN)o1. The third-order valence-corrected chi connectivity index (χ3v) is 2.77. The van der Waals surface area contributed by atoms with E-state index in [1.54, 1.807) is 11.3 Å². The van der Waals surface area contributed by atoms with Crippen LogP contribution in [0.15, 0.2) is 15.2 Å². The number of aromatic nitrogens is 2. The Bertz CT molecular complexity index is 421. The first kappa shape index (κ1) is 9.36. The topological polar surface area (TPSA) is 64.9 Å². The van der Waals surface area contributed by atoms with Crippen molar-refractivity contribution in [3.05, 3.63) is 22.2 Å². The van der Waals surface area contributed by atoms with Crippen LogP contribution in [-0.4, -0.2) is 16.7 Å². The van der Waals surface area contributed by atoms with E-state index in [0.29, 0.717) is 24.7 Å². The van der Waals surface area contributed by atoms with Crippen LogP contribution in [0.5, 0.6) is 0 Å². The van der Waals surface area contributed by atoms with E-state index in [2.05, 4.69) is 15.6 Å². The summed E-state index contributed by atoms with van der Waals surface area (Å²) in [6, 6.07) is 0. The molecule has 0 bridgehead atoms. The molecule has 0 amide bonds. The maximum Gasteiger partial charge on any atom is 0.248 e. The zero-order valence-corrected chi connectivity index (χ0v) is 8.67. The van der Waals surface area contributed by atoms with Crippen molar-refractivity contribution in [3.8, 4) is 11.5 Å². The van der Waals surface area contributed by atoms with E-state index in [4.69, 9.17) is 10.2 Å². The third-order valence-electron chi connectivity index (χ3n) is 1.91. The van der Waals surface area contributed by atoms with Crippen molar-refractivity contribution in [2.75, 3.05) is 6.54 Å². The van der Waals surface area contributed by atoms with Gasteiger partial charge in [-0.25, -0.2) is 0 Å². The molecule has 0 radical (unpaired) electrons. The molecule has 2 N–H and O–H groups in total. The Morgan fingerprint density at radius 1 is 1.43 bits per heavy atom. The predicted molar refractivity (Wildman–Crippen MR) is 55.1 cm³/mol. The summed E-state index contributed by atoms with van der Waals surface area (Å²) in [6.45, 7) is 2.56. The Labute approximate surface area is 85.8 Å². The molecule has 14 heavy (non-hydrogen) atoms. The van der Waals surface area contributed by atoms with Crippen LogP contribution >= 0.6 is 11.3 Å². The minimum atomic E-state index is 0.532. The van der Waals surface area contributed by atoms with Crippen molar-refractivity contribution in [1.29, 1.82) is 0 Å². The van der Waals surface area contributed by atoms with E-state index in [9.17, 15) is 0 Å². The van der Waals surface area contributed by atoms with Crippen LogP contribution in [0.4, 0.5) is 0 Å². The molecule has 4 nitrogen and oxygen atoms in total. The average Bonchev–Trinajstić information content (AvgIpc) is 2.74. The number of nitrogens with zero attached hydrogens (tertiary/aromatic N) is 2. The highest BCUT2D eigenvalue weighted by atomic mass is 32.1. The van der Waals surface area contributed by atoms with Crippen LogP contribution in [-0.2, 0) is 6.42 Å². The van der Waals surface area contributed by atoms with E-state index in [0.717, 1.165) is 11.1 Å². The number of nitrogens with two attached hydrogens (primary N) is 1. The molecule has 0 atom stereocenters. The van der Waals surface area contributed by atoms with Gasteiger partial charge >= 0.3 is 0 Å². The summed E-state index contributed by atoms with van der Waals surface area (Å²) in [5.74, 6) is 1.19. The van der Waals surface area contributed by atoms with Gasteiger partial charge in [-0.1, -0.05) is 0 Å². The second-order valence-electron chi connectivity index (χ2n) is 3.01. The molecule has 0 saturated carbocycles.